The number of carbonyl (C=O) groups excluding carboxylic acids is 2. The molecule has 3 aliphatic rings. The largest absolute Gasteiger partial charge is 0.463 e. The number of aliphatic hydroxyl groups excluding tert-OH is 4. The summed E-state index contributed by atoms with van der Waals surface area (Å²) in [5.74, 6) is -1.13. The predicted octanol–water partition coefficient (Wildman–Crippen LogP) is 4.21. The molecule has 3 aliphatic heterocycles. The highest BCUT2D eigenvalue weighted by Gasteiger charge is 2.41. The van der Waals surface area contributed by atoms with Crippen LogP contribution in [0.1, 0.15) is 78.6 Å². The van der Waals surface area contributed by atoms with Crippen molar-refractivity contribution in [2.24, 2.45) is 11.8 Å². The summed E-state index contributed by atoms with van der Waals surface area (Å²) in [4.78, 5) is 40.0. The van der Waals surface area contributed by atoms with Crippen LogP contribution in [-0.2, 0) is 19.1 Å². The molecule has 0 bridgehead atoms. The molecular weight excluding hydrogens is 620 g/mol. The second-order valence-corrected chi connectivity index (χ2v) is 14.0. The van der Waals surface area contributed by atoms with E-state index in [2.05, 4.69) is 10.3 Å². The number of carbonyl (C=O) groups is 2. The summed E-state index contributed by atoms with van der Waals surface area (Å²) in [5.41, 5.74) is 1.12. The van der Waals surface area contributed by atoms with Crippen LogP contribution in [0.5, 0.6) is 0 Å². The Kier molecular flexibility index (Phi) is 15.4. The van der Waals surface area contributed by atoms with Crippen molar-refractivity contribution in [3.8, 4) is 10.6 Å². The third kappa shape index (κ3) is 11.4. The van der Waals surface area contributed by atoms with Crippen molar-refractivity contribution < 1.29 is 39.5 Å². The molecule has 1 fully saturated rings. The summed E-state index contributed by atoms with van der Waals surface area (Å²) in [6, 6.07) is 0. The van der Waals surface area contributed by atoms with E-state index in [1.807, 2.05) is 24.5 Å². The smallest absolute Gasteiger partial charge is 0.330 e. The van der Waals surface area contributed by atoms with Gasteiger partial charge in [-0.1, -0.05) is 71.9 Å². The maximum Gasteiger partial charge on any atom is 0.330 e. The van der Waals surface area contributed by atoms with E-state index in [0.717, 1.165) is 49.1 Å². The number of aromatic nitrogens is 1. The number of amides is 1. The maximum absolute atomic E-state index is 12.3. The first-order valence-corrected chi connectivity index (χ1v) is 18.0. The van der Waals surface area contributed by atoms with E-state index in [1.165, 1.54) is 26.8 Å². The van der Waals surface area contributed by atoms with Gasteiger partial charge in [-0.3, -0.25) is 9.59 Å². The molecule has 1 amide bonds. The second kappa shape index (κ2) is 18.7. The number of aliphatic hydroxyl groups is 4. The van der Waals surface area contributed by atoms with Crippen LogP contribution in [0.25, 0.3) is 10.6 Å². The zero-order chi connectivity index (χ0) is 32.9. The van der Waals surface area contributed by atoms with Gasteiger partial charge in [-0.05, 0) is 44.6 Å². The molecule has 0 aromatic rings. The number of allylic oxidation sites excluding steroid dienone is 1. The molecule has 13 heteroatoms. The number of ether oxygens (including phenoxy) is 2. The monoisotopic (exact) mass is 668 g/mol. The number of rotatable bonds is 18. The fraction of sp³-hybridized carbons (Fsp3) is 0.656. The normalized spacial score (nSPS) is 22.9. The van der Waals surface area contributed by atoms with Crippen molar-refractivity contribution in [2.75, 3.05) is 18.5 Å². The van der Waals surface area contributed by atoms with E-state index in [9.17, 15) is 34.8 Å². The fourth-order valence-electron chi connectivity index (χ4n) is 5.12. The van der Waals surface area contributed by atoms with Crippen molar-refractivity contribution in [1.29, 1.82) is 0 Å². The van der Waals surface area contributed by atoms with Crippen LogP contribution >= 0.6 is 20.7 Å². The molecule has 7 unspecified atom stereocenters. The van der Waals surface area contributed by atoms with E-state index in [-0.39, 0.29) is 42.1 Å². The minimum Gasteiger partial charge on any atom is -0.463 e. The molecule has 7 atom stereocenters. The Morgan fingerprint density at radius 1 is 1.11 bits per heavy atom. The summed E-state index contributed by atoms with van der Waals surface area (Å²) >= 11 is 0. The van der Waals surface area contributed by atoms with Crippen molar-refractivity contribution in [3.05, 3.63) is 39.5 Å². The molecule has 3 heterocycles. The van der Waals surface area contributed by atoms with Gasteiger partial charge in [-0.15, -0.1) is 0 Å². The Morgan fingerprint density at radius 3 is 2.51 bits per heavy atom. The number of hydrogen-bond donors (Lipinski definition) is 6. The van der Waals surface area contributed by atoms with E-state index in [1.54, 1.807) is 13.8 Å². The number of anilines is 1. The summed E-state index contributed by atoms with van der Waals surface area (Å²) in [5, 5.41) is 46.0. The Labute approximate surface area is 271 Å². The second-order valence-electron chi connectivity index (χ2n) is 11.9. The van der Waals surface area contributed by atoms with Crippen molar-refractivity contribution in [2.45, 2.75) is 109 Å². The molecule has 0 aromatic heterocycles. The highest BCUT2D eigenvalue weighted by atomic mass is 32.9. The van der Waals surface area contributed by atoms with Crippen LogP contribution in [0.15, 0.2) is 34.0 Å². The van der Waals surface area contributed by atoms with Crippen LogP contribution in [0.2, 0.25) is 0 Å². The van der Waals surface area contributed by atoms with Crippen LogP contribution in [0.4, 0.5) is 5.69 Å². The molecule has 1 saturated heterocycles. The van der Waals surface area contributed by atoms with Gasteiger partial charge in [-0.25, -0.2) is 4.79 Å². The Bertz CT molecular complexity index is 1280. The van der Waals surface area contributed by atoms with Gasteiger partial charge in [-0.2, -0.15) is 0 Å². The van der Waals surface area contributed by atoms with Gasteiger partial charge >= 0.3 is 5.97 Å². The summed E-state index contributed by atoms with van der Waals surface area (Å²) in [6.45, 7) is 5.52. The molecule has 6 N–H and O–H groups in total. The number of fused-ring (bicyclic) bond motifs is 1. The number of aromatic amines is 1. The fourth-order valence-corrected chi connectivity index (χ4v) is 7.28. The number of unbranched alkanes of at least 4 members (excludes halogenated alkanes) is 6. The van der Waals surface area contributed by atoms with Crippen molar-refractivity contribution in [1.82, 2.24) is 4.98 Å². The van der Waals surface area contributed by atoms with Gasteiger partial charge in [0.2, 0.25) is 5.91 Å². The lowest BCUT2D eigenvalue weighted by Crippen LogP contribution is -2.54. The molecular formula is C32H48N2O9S2. The quantitative estimate of drug-likeness (QED) is 0.0446. The zero-order valence-corrected chi connectivity index (χ0v) is 27.9. The van der Waals surface area contributed by atoms with Gasteiger partial charge in [0.05, 0.1) is 36.0 Å². The number of nitrogens with one attached hydrogen (secondary N) is 2. The number of H-pyrrole nitrogens is 1. The van der Waals surface area contributed by atoms with Gasteiger partial charge in [0.1, 0.15) is 24.0 Å². The van der Waals surface area contributed by atoms with Gasteiger partial charge < -0.3 is 40.2 Å². The van der Waals surface area contributed by atoms with Crippen molar-refractivity contribution in [3.63, 3.8) is 0 Å². The molecule has 3 rings (SSSR count). The molecule has 11 nitrogen and oxygen atoms in total. The standard InChI is InChI=1S/C32H48N2O9S2/c1-19(21(3)35)12-11-13-22-17-43-30(29(40)28(22)39)27(38)20(2)16-25(37)42-15-10-8-6-4-5-7-9-14-24(36)34-26-31-23(18-44-45-31)33-32(26)41/h11-12,16,18-19,21-22,27-30,35,38-40H,4-10,13-15,17H2,1-3H3,(H,33,41)(H,34,36)/b12-11+,20-16+. The van der Waals surface area contributed by atoms with Gasteiger partial charge in [0, 0.05) is 23.8 Å². The van der Waals surface area contributed by atoms with E-state index in [0.29, 0.717) is 24.9 Å². The predicted molar refractivity (Wildman–Crippen MR) is 176 cm³/mol. The first kappa shape index (κ1) is 37.1. The maximum atomic E-state index is 12.3. The minimum absolute atomic E-state index is 0.0347. The molecule has 0 aliphatic carbocycles. The highest BCUT2D eigenvalue weighted by Crippen LogP contribution is 2.35. The van der Waals surface area contributed by atoms with Gasteiger partial charge in [0.15, 0.2) is 0 Å². The lowest BCUT2D eigenvalue weighted by Gasteiger charge is -2.39. The van der Waals surface area contributed by atoms with Crippen LogP contribution < -0.4 is 10.9 Å². The third-order valence-corrected chi connectivity index (χ3v) is 10.3. The SMILES string of the molecule is C/C(=C\C(=O)OCCCCCCCCCC(=O)Nc1c2sscc-2[nH]c1=O)C(O)C1OCC(C/C=C/C(C)C(C)O)C(O)C1O. The van der Waals surface area contributed by atoms with E-state index < -0.39 is 36.5 Å². The van der Waals surface area contributed by atoms with Crippen LogP contribution in [0, 0.1) is 11.8 Å². The topological polar surface area (TPSA) is 178 Å². The van der Waals surface area contributed by atoms with Crippen LogP contribution in [-0.4, -0.2) is 81.0 Å². The summed E-state index contributed by atoms with van der Waals surface area (Å²) in [6.07, 6.45) is 6.69. The highest BCUT2D eigenvalue weighted by molar-refractivity contribution is 7.70. The molecule has 0 saturated carbocycles. The summed E-state index contributed by atoms with van der Waals surface area (Å²) in [7, 11) is 2.98. The molecule has 0 spiro atoms. The zero-order valence-electron chi connectivity index (χ0n) is 26.3. The van der Waals surface area contributed by atoms with E-state index >= 15 is 0 Å². The lowest BCUT2D eigenvalue weighted by atomic mass is 9.86. The van der Waals surface area contributed by atoms with Gasteiger partial charge in [0.25, 0.3) is 5.56 Å². The average molecular weight is 669 g/mol. The summed E-state index contributed by atoms with van der Waals surface area (Å²) < 4.78 is 11.0. The third-order valence-electron chi connectivity index (χ3n) is 8.24. The number of hydrogen-bond acceptors (Lipinski definition) is 11. The average Bonchev–Trinajstić information content (AvgIpc) is 3.57. The first-order valence-electron chi connectivity index (χ1n) is 15.7. The Hall–Kier alpha value is -2.39. The van der Waals surface area contributed by atoms with E-state index in [4.69, 9.17) is 9.47 Å². The van der Waals surface area contributed by atoms with Crippen LogP contribution in [0.3, 0.4) is 0 Å². The molecule has 0 radical (unpaired) electrons. The molecule has 45 heavy (non-hydrogen) atoms. The minimum atomic E-state index is -1.33. The first-order chi connectivity index (χ1) is 21.5. The number of esters is 1. The van der Waals surface area contributed by atoms with Crippen molar-refractivity contribution >= 4 is 38.2 Å². The Morgan fingerprint density at radius 2 is 1.80 bits per heavy atom. The molecule has 0 aromatic carbocycles. The lowest BCUT2D eigenvalue weighted by molar-refractivity contribution is -0.187. The Balaban J connectivity index is 1.23. The molecule has 252 valence electrons.